The molecule has 0 bridgehead atoms. The van der Waals surface area contributed by atoms with Gasteiger partial charge in [0.15, 0.2) is 0 Å². The summed E-state index contributed by atoms with van der Waals surface area (Å²) in [6.45, 7) is 7.23. The number of unbranched alkanes of at least 4 members (excludes halogenated alkanes) is 2. The minimum Gasteiger partial charge on any atom is -0.726 e. The number of quaternary nitrogens is 1. The minimum absolute atomic E-state index is 0.808. The topological polar surface area (TPSA) is 70.9 Å². The fourth-order valence-corrected chi connectivity index (χ4v) is 1.08. The molecule has 100 valence electrons. The third-order valence-corrected chi connectivity index (χ3v) is 2.53. The van der Waals surface area contributed by atoms with Gasteiger partial charge in [0.05, 0.1) is 27.2 Å². The van der Waals surface area contributed by atoms with Gasteiger partial charge in [-0.1, -0.05) is 26.7 Å². The zero-order valence-corrected chi connectivity index (χ0v) is 11.6. The van der Waals surface area contributed by atoms with Gasteiger partial charge < -0.3 is 9.45 Å². The first-order valence-corrected chi connectivity index (χ1v) is 7.03. The lowest BCUT2D eigenvalue weighted by Crippen LogP contribution is -3.08. The van der Waals surface area contributed by atoms with Crippen LogP contribution in [0, 0.1) is 0 Å². The molecule has 1 N–H and O–H groups in total. The third-order valence-electron chi connectivity index (χ3n) is 2.12. The first-order chi connectivity index (χ1) is 7.37. The van der Waals surface area contributed by atoms with Gasteiger partial charge in [0.25, 0.3) is 0 Å². The molecule has 0 radical (unpaired) electrons. The first-order valence-electron chi connectivity index (χ1n) is 5.70. The second-order valence-electron chi connectivity index (χ2n) is 3.74. The average molecular weight is 255 g/mol. The molecule has 0 aliphatic carbocycles. The summed E-state index contributed by atoms with van der Waals surface area (Å²) in [6, 6.07) is 0. The molecular formula is C10H25NO4S. The van der Waals surface area contributed by atoms with Crippen LogP contribution in [0.25, 0.3) is 0 Å². The summed E-state index contributed by atoms with van der Waals surface area (Å²) in [6.07, 6.45) is 5.44. The largest absolute Gasteiger partial charge is 0.726 e. The van der Waals surface area contributed by atoms with Gasteiger partial charge in [-0.2, -0.15) is 0 Å². The molecule has 0 spiro atoms. The van der Waals surface area contributed by atoms with Crippen LogP contribution in [-0.4, -0.2) is 40.2 Å². The molecule has 6 heteroatoms. The molecule has 5 nitrogen and oxygen atoms in total. The van der Waals surface area contributed by atoms with Crippen LogP contribution in [0.3, 0.4) is 0 Å². The molecule has 0 rings (SSSR count). The maximum absolute atomic E-state index is 9.22. The van der Waals surface area contributed by atoms with E-state index in [4.69, 9.17) is 0 Å². The number of hydrogen-bond donors (Lipinski definition) is 1. The Hall–Kier alpha value is -0.170. The highest BCUT2D eigenvalue weighted by atomic mass is 32.3. The monoisotopic (exact) mass is 255 g/mol. The average Bonchev–Trinajstić information content (AvgIpc) is 2.23. The molecule has 0 atom stereocenters. The maximum atomic E-state index is 9.22. The molecule has 0 saturated carbocycles. The summed E-state index contributed by atoms with van der Waals surface area (Å²) in [5, 5.41) is 0. The lowest BCUT2D eigenvalue weighted by molar-refractivity contribution is -0.880. The van der Waals surface area contributed by atoms with E-state index < -0.39 is 10.4 Å². The standard InChI is InChI=1S/C9H21N.CH4O4S/c1-4-6-8-10(3)9-7-5-2;1-5-6(2,3)4/h4-9H2,1-3H3;1H3,(H,2,3,4). The van der Waals surface area contributed by atoms with Crippen molar-refractivity contribution in [3.63, 3.8) is 0 Å². The van der Waals surface area contributed by atoms with Crippen LogP contribution in [0.1, 0.15) is 39.5 Å². The molecule has 0 heterocycles. The molecule has 0 aliphatic rings. The Kier molecular flexibility index (Phi) is 12.9. The highest BCUT2D eigenvalue weighted by Gasteiger charge is 1.97. The van der Waals surface area contributed by atoms with Crippen molar-refractivity contribution in [2.24, 2.45) is 0 Å². The maximum Gasteiger partial charge on any atom is 0.217 e. The quantitative estimate of drug-likeness (QED) is 0.521. The van der Waals surface area contributed by atoms with Gasteiger partial charge in [0.1, 0.15) is 0 Å². The molecular weight excluding hydrogens is 230 g/mol. The Morgan fingerprint density at radius 1 is 1.12 bits per heavy atom. The molecule has 0 aromatic carbocycles. The predicted molar refractivity (Wildman–Crippen MR) is 63.1 cm³/mol. The van der Waals surface area contributed by atoms with E-state index in [-0.39, 0.29) is 0 Å². The van der Waals surface area contributed by atoms with E-state index in [9.17, 15) is 13.0 Å². The van der Waals surface area contributed by atoms with Crippen LogP contribution in [0.15, 0.2) is 0 Å². The van der Waals surface area contributed by atoms with E-state index in [1.54, 1.807) is 4.90 Å². The molecule has 0 aromatic rings. The Labute approximate surface area is 99.7 Å². The SMILES string of the molecule is CCCC[NH+](C)CCCC.COS(=O)(=O)[O-]. The molecule has 0 unspecified atom stereocenters. The fourth-order valence-electron chi connectivity index (χ4n) is 1.08. The predicted octanol–water partition coefficient (Wildman–Crippen LogP) is 0.194. The van der Waals surface area contributed by atoms with Gasteiger partial charge in [-0.15, -0.1) is 0 Å². The van der Waals surface area contributed by atoms with Crippen molar-refractivity contribution >= 4 is 10.4 Å². The lowest BCUT2D eigenvalue weighted by Gasteiger charge is -2.11. The summed E-state index contributed by atoms with van der Waals surface area (Å²) < 4.78 is 31.0. The Morgan fingerprint density at radius 3 is 1.62 bits per heavy atom. The molecule has 0 saturated heterocycles. The van der Waals surface area contributed by atoms with E-state index in [1.807, 2.05) is 0 Å². The normalized spacial score (nSPS) is 11.1. The van der Waals surface area contributed by atoms with Crippen molar-refractivity contribution in [3.8, 4) is 0 Å². The second kappa shape index (κ2) is 11.3. The van der Waals surface area contributed by atoms with E-state index in [1.165, 1.54) is 38.8 Å². The highest BCUT2D eigenvalue weighted by molar-refractivity contribution is 7.80. The fraction of sp³-hybridized carbons (Fsp3) is 1.00. The summed E-state index contributed by atoms with van der Waals surface area (Å²) >= 11 is 0. The Bertz CT molecular complexity index is 221. The van der Waals surface area contributed by atoms with E-state index >= 15 is 0 Å². The molecule has 16 heavy (non-hydrogen) atoms. The zero-order valence-electron chi connectivity index (χ0n) is 10.8. The van der Waals surface area contributed by atoms with Crippen molar-refractivity contribution in [3.05, 3.63) is 0 Å². The Morgan fingerprint density at radius 2 is 1.44 bits per heavy atom. The van der Waals surface area contributed by atoms with E-state index in [2.05, 4.69) is 25.1 Å². The van der Waals surface area contributed by atoms with Gasteiger partial charge in [-0.05, 0) is 12.8 Å². The molecule has 0 fully saturated rings. The van der Waals surface area contributed by atoms with Gasteiger partial charge in [0.2, 0.25) is 10.4 Å². The van der Waals surface area contributed by atoms with Crippen molar-refractivity contribution in [1.82, 2.24) is 0 Å². The number of hydrogen-bond acceptors (Lipinski definition) is 4. The summed E-state index contributed by atoms with van der Waals surface area (Å²) in [7, 11) is -1.31. The smallest absolute Gasteiger partial charge is 0.217 e. The van der Waals surface area contributed by atoms with Crippen LogP contribution in [0.5, 0.6) is 0 Å². The number of rotatable bonds is 7. The summed E-state index contributed by atoms with van der Waals surface area (Å²) in [5.74, 6) is 0. The van der Waals surface area contributed by atoms with Gasteiger partial charge in [-0.3, -0.25) is 4.18 Å². The van der Waals surface area contributed by atoms with Crippen LogP contribution < -0.4 is 4.90 Å². The van der Waals surface area contributed by atoms with E-state index in [0.29, 0.717) is 0 Å². The summed E-state index contributed by atoms with van der Waals surface area (Å²) in [5.41, 5.74) is 0. The lowest BCUT2D eigenvalue weighted by atomic mass is 10.3. The highest BCUT2D eigenvalue weighted by Crippen LogP contribution is 1.81. The van der Waals surface area contributed by atoms with Gasteiger partial charge >= 0.3 is 0 Å². The van der Waals surface area contributed by atoms with Crippen molar-refractivity contribution in [1.29, 1.82) is 0 Å². The molecule has 0 aromatic heterocycles. The third kappa shape index (κ3) is 19.4. The molecule has 0 aliphatic heterocycles. The van der Waals surface area contributed by atoms with Crippen molar-refractivity contribution < 1.29 is 22.1 Å². The zero-order chi connectivity index (χ0) is 13.0. The minimum atomic E-state index is -4.41. The van der Waals surface area contributed by atoms with Crippen molar-refractivity contribution in [2.45, 2.75) is 39.5 Å². The van der Waals surface area contributed by atoms with Gasteiger partial charge in [0, 0.05) is 0 Å². The van der Waals surface area contributed by atoms with Gasteiger partial charge in [-0.25, -0.2) is 8.42 Å². The van der Waals surface area contributed by atoms with E-state index in [0.717, 1.165) is 7.11 Å². The second-order valence-corrected chi connectivity index (χ2v) is 4.89. The first kappa shape index (κ1) is 18.2. The van der Waals surface area contributed by atoms with Crippen LogP contribution >= 0.6 is 0 Å². The van der Waals surface area contributed by atoms with Crippen LogP contribution in [0.2, 0.25) is 0 Å². The van der Waals surface area contributed by atoms with Crippen LogP contribution in [0.4, 0.5) is 0 Å². The van der Waals surface area contributed by atoms with Crippen molar-refractivity contribution in [2.75, 3.05) is 27.2 Å². The molecule has 0 amide bonds. The summed E-state index contributed by atoms with van der Waals surface area (Å²) in [4.78, 5) is 1.70. The van der Waals surface area contributed by atoms with Crippen LogP contribution in [-0.2, 0) is 14.6 Å². The number of nitrogens with one attached hydrogen (secondary N) is 1. The Balaban J connectivity index is 0.